The first-order valence-corrected chi connectivity index (χ1v) is 6.32. The van der Waals surface area contributed by atoms with Crippen molar-refractivity contribution >= 4 is 0 Å². The molecule has 2 heteroatoms. The zero-order valence-corrected chi connectivity index (χ0v) is 11.0. The van der Waals surface area contributed by atoms with E-state index < -0.39 is 5.67 Å². The Kier molecular flexibility index (Phi) is 3.03. The molecule has 1 aliphatic carbocycles. The Morgan fingerprint density at radius 1 is 1.24 bits per heavy atom. The summed E-state index contributed by atoms with van der Waals surface area (Å²) in [6.45, 7) is 6.55. The summed E-state index contributed by atoms with van der Waals surface area (Å²) in [5, 5.41) is 0. The van der Waals surface area contributed by atoms with Crippen LogP contribution in [0.25, 0.3) is 0 Å². The van der Waals surface area contributed by atoms with Gasteiger partial charge in [0.1, 0.15) is 5.67 Å². The summed E-state index contributed by atoms with van der Waals surface area (Å²) in [6, 6.07) is 8.38. The Bertz CT molecular complexity index is 382. The summed E-state index contributed by atoms with van der Waals surface area (Å²) in [4.78, 5) is 0. The minimum absolute atomic E-state index is 0.0637. The van der Waals surface area contributed by atoms with E-state index in [1.807, 2.05) is 12.1 Å². The molecule has 1 saturated carbocycles. The van der Waals surface area contributed by atoms with Gasteiger partial charge in [-0.05, 0) is 29.4 Å². The quantitative estimate of drug-likeness (QED) is 0.835. The fraction of sp³-hybridized carbons (Fsp3) is 0.600. The molecule has 0 unspecified atom stereocenters. The Balaban J connectivity index is 2.04. The van der Waals surface area contributed by atoms with Crippen molar-refractivity contribution < 1.29 is 4.39 Å². The first-order valence-electron chi connectivity index (χ1n) is 6.32. The minimum Gasteiger partial charge on any atom is -0.327 e. The normalized spacial score (nSPS) is 28.9. The molecule has 0 aliphatic heterocycles. The number of hydrogen-bond acceptors (Lipinski definition) is 1. The third kappa shape index (κ3) is 2.86. The topological polar surface area (TPSA) is 26.0 Å². The highest BCUT2D eigenvalue weighted by molar-refractivity contribution is 5.28. The van der Waals surface area contributed by atoms with Gasteiger partial charge in [-0.15, -0.1) is 0 Å². The smallest absolute Gasteiger partial charge is 0.118 e. The lowest BCUT2D eigenvalue weighted by Gasteiger charge is -2.39. The van der Waals surface area contributed by atoms with Gasteiger partial charge in [0.2, 0.25) is 0 Å². The third-order valence-electron chi connectivity index (χ3n) is 3.60. The second-order valence-electron chi connectivity index (χ2n) is 6.44. The molecule has 0 spiro atoms. The minimum atomic E-state index is -1.05. The lowest BCUT2D eigenvalue weighted by atomic mass is 9.74. The Morgan fingerprint density at radius 3 is 2.18 bits per heavy atom. The largest absolute Gasteiger partial charge is 0.327 e. The van der Waals surface area contributed by atoms with E-state index in [-0.39, 0.29) is 11.5 Å². The molecule has 1 fully saturated rings. The molecule has 2 rings (SSSR count). The highest BCUT2D eigenvalue weighted by Crippen LogP contribution is 2.38. The van der Waals surface area contributed by atoms with Crippen LogP contribution in [0.3, 0.4) is 0 Å². The van der Waals surface area contributed by atoms with Gasteiger partial charge in [0.25, 0.3) is 0 Å². The lowest BCUT2D eigenvalue weighted by molar-refractivity contribution is 0.0444. The maximum Gasteiger partial charge on any atom is 0.118 e. The van der Waals surface area contributed by atoms with Gasteiger partial charge in [0, 0.05) is 12.5 Å². The molecule has 0 radical (unpaired) electrons. The van der Waals surface area contributed by atoms with Crippen LogP contribution in [-0.2, 0) is 11.8 Å². The fourth-order valence-corrected chi connectivity index (χ4v) is 2.51. The molecule has 1 nitrogen and oxygen atoms in total. The fourth-order valence-electron chi connectivity index (χ4n) is 2.51. The van der Waals surface area contributed by atoms with E-state index in [0.29, 0.717) is 19.3 Å². The predicted octanol–water partition coefficient (Wildman–Crippen LogP) is 3.36. The molecule has 94 valence electrons. The molecule has 0 heterocycles. The zero-order valence-electron chi connectivity index (χ0n) is 11.0. The lowest BCUT2D eigenvalue weighted by Crippen LogP contribution is -2.49. The van der Waals surface area contributed by atoms with Crippen LogP contribution in [-0.4, -0.2) is 11.7 Å². The van der Waals surface area contributed by atoms with Crippen LogP contribution in [0, 0.1) is 0 Å². The van der Waals surface area contributed by atoms with Gasteiger partial charge >= 0.3 is 0 Å². The van der Waals surface area contributed by atoms with E-state index in [2.05, 4.69) is 32.9 Å². The van der Waals surface area contributed by atoms with E-state index in [0.717, 1.165) is 5.56 Å². The molecule has 1 aromatic rings. The van der Waals surface area contributed by atoms with Crippen molar-refractivity contribution in [2.24, 2.45) is 5.73 Å². The van der Waals surface area contributed by atoms with E-state index in [9.17, 15) is 4.39 Å². The first kappa shape index (κ1) is 12.6. The van der Waals surface area contributed by atoms with Crippen LogP contribution in [0.4, 0.5) is 4.39 Å². The van der Waals surface area contributed by atoms with Crippen LogP contribution < -0.4 is 5.73 Å². The van der Waals surface area contributed by atoms with Gasteiger partial charge in [-0.25, -0.2) is 4.39 Å². The van der Waals surface area contributed by atoms with Crippen LogP contribution in [0.2, 0.25) is 0 Å². The molecular weight excluding hydrogens is 213 g/mol. The molecule has 0 bridgehead atoms. The molecule has 1 aliphatic rings. The zero-order chi connectivity index (χ0) is 12.7. The Morgan fingerprint density at radius 2 is 1.76 bits per heavy atom. The SMILES string of the molecule is CC(C)(C)c1ccc(CC2(F)CC(N)C2)cc1. The Labute approximate surface area is 103 Å². The highest BCUT2D eigenvalue weighted by atomic mass is 19.1. The average molecular weight is 235 g/mol. The van der Waals surface area contributed by atoms with Crippen molar-refractivity contribution in [2.75, 3.05) is 0 Å². The van der Waals surface area contributed by atoms with E-state index >= 15 is 0 Å². The molecule has 0 atom stereocenters. The van der Waals surface area contributed by atoms with Crippen LogP contribution in [0.5, 0.6) is 0 Å². The molecule has 0 saturated heterocycles. The van der Waals surface area contributed by atoms with Crippen LogP contribution in [0.15, 0.2) is 24.3 Å². The number of halogens is 1. The summed E-state index contributed by atoms with van der Waals surface area (Å²) in [5.41, 5.74) is 7.12. The van der Waals surface area contributed by atoms with Crippen molar-refractivity contribution in [3.05, 3.63) is 35.4 Å². The number of hydrogen-bond donors (Lipinski definition) is 1. The molecule has 0 amide bonds. The van der Waals surface area contributed by atoms with Gasteiger partial charge in [-0.1, -0.05) is 45.0 Å². The van der Waals surface area contributed by atoms with Crippen molar-refractivity contribution in [1.29, 1.82) is 0 Å². The number of nitrogens with two attached hydrogens (primary N) is 1. The van der Waals surface area contributed by atoms with Crippen molar-refractivity contribution in [2.45, 2.75) is 57.2 Å². The monoisotopic (exact) mass is 235 g/mol. The van der Waals surface area contributed by atoms with E-state index in [4.69, 9.17) is 5.73 Å². The van der Waals surface area contributed by atoms with Gasteiger partial charge in [0.05, 0.1) is 0 Å². The second-order valence-corrected chi connectivity index (χ2v) is 6.44. The van der Waals surface area contributed by atoms with E-state index in [1.54, 1.807) is 0 Å². The van der Waals surface area contributed by atoms with Crippen LogP contribution >= 0.6 is 0 Å². The number of rotatable bonds is 2. The van der Waals surface area contributed by atoms with Gasteiger partial charge in [-0.3, -0.25) is 0 Å². The summed E-state index contributed by atoms with van der Waals surface area (Å²) in [6.07, 6.45) is 1.52. The maximum absolute atomic E-state index is 14.1. The van der Waals surface area contributed by atoms with Crippen molar-refractivity contribution in [3.8, 4) is 0 Å². The summed E-state index contributed by atoms with van der Waals surface area (Å²) in [7, 11) is 0. The second kappa shape index (κ2) is 4.09. The van der Waals surface area contributed by atoms with Gasteiger partial charge in [0.15, 0.2) is 0 Å². The molecule has 1 aromatic carbocycles. The summed E-state index contributed by atoms with van der Waals surface area (Å²) < 4.78 is 14.1. The molecule has 17 heavy (non-hydrogen) atoms. The predicted molar refractivity (Wildman–Crippen MR) is 69.9 cm³/mol. The summed E-state index contributed by atoms with van der Waals surface area (Å²) >= 11 is 0. The summed E-state index contributed by atoms with van der Waals surface area (Å²) in [5.74, 6) is 0. The average Bonchev–Trinajstić information content (AvgIpc) is 2.14. The third-order valence-corrected chi connectivity index (χ3v) is 3.60. The van der Waals surface area contributed by atoms with Gasteiger partial charge in [-0.2, -0.15) is 0 Å². The highest BCUT2D eigenvalue weighted by Gasteiger charge is 2.42. The number of alkyl halides is 1. The maximum atomic E-state index is 14.1. The Hall–Kier alpha value is -0.890. The molecule has 0 aromatic heterocycles. The first-order chi connectivity index (χ1) is 7.78. The molecule has 2 N–H and O–H groups in total. The standard InChI is InChI=1S/C15H22FN/c1-14(2,3)12-6-4-11(5-7-12)8-15(16)9-13(17)10-15/h4-7,13H,8-10,17H2,1-3H3. The van der Waals surface area contributed by atoms with Gasteiger partial charge < -0.3 is 5.73 Å². The molecular formula is C15H22FN. The van der Waals surface area contributed by atoms with Crippen molar-refractivity contribution in [1.82, 2.24) is 0 Å². The van der Waals surface area contributed by atoms with Crippen LogP contribution in [0.1, 0.15) is 44.7 Å². The number of benzene rings is 1. The van der Waals surface area contributed by atoms with E-state index in [1.165, 1.54) is 5.56 Å². The van der Waals surface area contributed by atoms with Crippen molar-refractivity contribution in [3.63, 3.8) is 0 Å².